The molecule has 1 aromatic heterocycles. The zero-order chi connectivity index (χ0) is 18.0. The molecule has 0 spiro atoms. The van der Waals surface area contributed by atoms with Gasteiger partial charge in [-0.05, 0) is 52.3 Å². The second-order valence-electron chi connectivity index (χ2n) is 7.00. The number of aryl methyl sites for hydroxylation is 1. The van der Waals surface area contributed by atoms with E-state index in [1.165, 1.54) is 0 Å². The molecule has 5 nitrogen and oxygen atoms in total. The van der Waals surface area contributed by atoms with E-state index >= 15 is 0 Å². The quantitative estimate of drug-likeness (QED) is 0.919. The van der Waals surface area contributed by atoms with Crippen molar-refractivity contribution in [1.29, 1.82) is 0 Å². The van der Waals surface area contributed by atoms with Crippen LogP contribution in [0, 0.1) is 6.92 Å². The van der Waals surface area contributed by atoms with Crippen molar-refractivity contribution in [3.05, 3.63) is 47.4 Å². The predicted octanol–water partition coefficient (Wildman–Crippen LogP) is 3.74. The zero-order valence-corrected chi connectivity index (χ0v) is 15.1. The minimum atomic E-state index is -0.933. The van der Waals surface area contributed by atoms with Crippen molar-refractivity contribution in [3.63, 3.8) is 0 Å². The summed E-state index contributed by atoms with van der Waals surface area (Å²) in [6, 6.07) is 9.52. The van der Waals surface area contributed by atoms with Crippen molar-refractivity contribution in [2.24, 2.45) is 0 Å². The molecule has 2 aromatic rings. The van der Waals surface area contributed by atoms with Gasteiger partial charge >= 0.3 is 5.97 Å². The normalized spacial score (nSPS) is 18.5. The first-order valence-corrected chi connectivity index (χ1v) is 8.88. The number of nitrogens with zero attached hydrogens (tertiary/aromatic N) is 3. The third kappa shape index (κ3) is 3.87. The molecule has 1 aliphatic rings. The lowest BCUT2D eigenvalue weighted by Crippen LogP contribution is -2.39. The van der Waals surface area contributed by atoms with Crippen molar-refractivity contribution in [2.45, 2.75) is 45.6 Å². The van der Waals surface area contributed by atoms with E-state index in [1.807, 2.05) is 25.1 Å². The average Bonchev–Trinajstić information content (AvgIpc) is 2.61. The van der Waals surface area contributed by atoms with E-state index < -0.39 is 5.97 Å². The second-order valence-corrected chi connectivity index (χ2v) is 7.00. The fourth-order valence-electron chi connectivity index (χ4n) is 3.55. The first kappa shape index (κ1) is 17.5. The Balaban J connectivity index is 1.98. The fourth-order valence-corrected chi connectivity index (χ4v) is 3.55. The third-order valence-corrected chi connectivity index (χ3v) is 4.89. The van der Waals surface area contributed by atoms with Crippen LogP contribution in [0.2, 0.25) is 0 Å². The Kier molecular flexibility index (Phi) is 5.13. The van der Waals surface area contributed by atoms with Crippen LogP contribution in [0.4, 0.5) is 0 Å². The summed E-state index contributed by atoms with van der Waals surface area (Å²) < 4.78 is 0. The summed E-state index contributed by atoms with van der Waals surface area (Å²) in [4.78, 5) is 23.2. The molecule has 132 valence electrons. The Bertz CT molecular complexity index is 773. The maximum absolute atomic E-state index is 11.5. The lowest BCUT2D eigenvalue weighted by Gasteiger charge is -2.35. The molecule has 1 aliphatic heterocycles. The molecule has 0 saturated carbocycles. The summed E-state index contributed by atoms with van der Waals surface area (Å²) >= 11 is 0. The van der Waals surface area contributed by atoms with Gasteiger partial charge in [-0.1, -0.05) is 18.2 Å². The van der Waals surface area contributed by atoms with Crippen molar-refractivity contribution in [1.82, 2.24) is 14.9 Å². The zero-order valence-electron chi connectivity index (χ0n) is 15.1. The first-order chi connectivity index (χ1) is 12.0. The summed E-state index contributed by atoms with van der Waals surface area (Å²) in [6.07, 6.45) is 2.27. The first-order valence-electron chi connectivity index (χ1n) is 8.88. The van der Waals surface area contributed by atoms with Gasteiger partial charge in [0.05, 0.1) is 11.3 Å². The van der Waals surface area contributed by atoms with Gasteiger partial charge in [0.15, 0.2) is 0 Å². The fraction of sp³-hybridized carbons (Fsp3) is 0.450. The largest absolute Gasteiger partial charge is 0.478 e. The van der Waals surface area contributed by atoms with E-state index in [1.54, 1.807) is 12.1 Å². The van der Waals surface area contributed by atoms with Crippen LogP contribution in [0.1, 0.15) is 54.5 Å². The number of carboxylic acid groups (broad SMARTS) is 1. The van der Waals surface area contributed by atoms with Crippen molar-refractivity contribution < 1.29 is 9.90 Å². The molecule has 25 heavy (non-hydrogen) atoms. The van der Waals surface area contributed by atoms with E-state index in [-0.39, 0.29) is 5.56 Å². The highest BCUT2D eigenvalue weighted by Gasteiger charge is 2.25. The van der Waals surface area contributed by atoms with Crippen molar-refractivity contribution in [3.8, 4) is 11.3 Å². The summed E-state index contributed by atoms with van der Waals surface area (Å²) in [5.41, 5.74) is 2.65. The topological polar surface area (TPSA) is 66.3 Å². The highest BCUT2D eigenvalue weighted by molar-refractivity contribution is 5.95. The highest BCUT2D eigenvalue weighted by atomic mass is 16.4. The van der Waals surface area contributed by atoms with E-state index in [4.69, 9.17) is 0 Å². The van der Waals surface area contributed by atoms with Crippen LogP contribution in [0.5, 0.6) is 0 Å². The van der Waals surface area contributed by atoms with E-state index in [9.17, 15) is 9.90 Å². The lowest BCUT2D eigenvalue weighted by molar-refractivity contribution is 0.0697. The lowest BCUT2D eigenvalue weighted by atomic mass is 9.92. The minimum absolute atomic E-state index is 0.277. The van der Waals surface area contributed by atoms with Gasteiger partial charge in [-0.15, -0.1) is 0 Å². The number of rotatable bonds is 4. The molecule has 0 aliphatic carbocycles. The number of aromatic nitrogens is 2. The molecule has 0 radical (unpaired) electrons. The molecule has 1 aromatic carbocycles. The minimum Gasteiger partial charge on any atom is -0.478 e. The standard InChI is InChI=1S/C20H25N3O2/c1-13(2)23-10-6-7-15(12-23)18-11-19(22-14(3)21-18)16-8-4-5-9-17(16)20(24)25/h4-5,8-9,11,13,15H,6-7,10,12H2,1-3H3,(H,24,25)/t15-/m1/s1. The Morgan fingerprint density at radius 2 is 2.04 bits per heavy atom. The van der Waals surface area contributed by atoms with Gasteiger partial charge in [0.2, 0.25) is 0 Å². The average molecular weight is 339 g/mol. The molecule has 5 heteroatoms. The van der Waals surface area contributed by atoms with Crippen LogP contribution in [0.25, 0.3) is 11.3 Å². The number of aromatic carboxylic acids is 1. The Hall–Kier alpha value is -2.27. The van der Waals surface area contributed by atoms with E-state index in [0.717, 1.165) is 31.6 Å². The predicted molar refractivity (Wildman–Crippen MR) is 97.8 cm³/mol. The number of carboxylic acids is 1. The third-order valence-electron chi connectivity index (χ3n) is 4.89. The van der Waals surface area contributed by atoms with Crippen molar-refractivity contribution >= 4 is 5.97 Å². The number of hydrogen-bond donors (Lipinski definition) is 1. The van der Waals surface area contributed by atoms with Crippen LogP contribution < -0.4 is 0 Å². The highest BCUT2D eigenvalue weighted by Crippen LogP contribution is 2.30. The summed E-state index contributed by atoms with van der Waals surface area (Å²) in [5, 5.41) is 9.46. The molecule has 1 N–H and O–H groups in total. The molecule has 0 amide bonds. The van der Waals surface area contributed by atoms with Gasteiger partial charge in [-0.2, -0.15) is 0 Å². The van der Waals surface area contributed by atoms with Gasteiger partial charge in [0.1, 0.15) is 5.82 Å². The number of hydrogen-bond acceptors (Lipinski definition) is 4. The molecule has 1 fully saturated rings. The monoisotopic (exact) mass is 339 g/mol. The SMILES string of the molecule is Cc1nc(-c2ccccc2C(=O)O)cc([C@@H]2CCCN(C(C)C)C2)n1. The van der Waals surface area contributed by atoms with Gasteiger partial charge < -0.3 is 10.0 Å². The Morgan fingerprint density at radius 3 is 2.76 bits per heavy atom. The van der Waals surface area contributed by atoms with Crippen molar-refractivity contribution in [2.75, 3.05) is 13.1 Å². The van der Waals surface area contributed by atoms with Gasteiger partial charge in [0.25, 0.3) is 0 Å². The second kappa shape index (κ2) is 7.31. The maximum Gasteiger partial charge on any atom is 0.336 e. The Morgan fingerprint density at radius 1 is 1.28 bits per heavy atom. The van der Waals surface area contributed by atoms with Gasteiger partial charge in [0, 0.05) is 29.8 Å². The summed E-state index contributed by atoms with van der Waals surface area (Å²) in [7, 11) is 0. The van der Waals surface area contributed by atoms with Gasteiger partial charge in [-0.3, -0.25) is 0 Å². The van der Waals surface area contributed by atoms with Crippen LogP contribution in [0.15, 0.2) is 30.3 Å². The number of benzene rings is 1. The molecule has 1 atom stereocenters. The number of piperidine rings is 1. The molecule has 0 unspecified atom stereocenters. The van der Waals surface area contributed by atoms with Crippen LogP contribution in [0.3, 0.4) is 0 Å². The van der Waals surface area contributed by atoms with Crippen LogP contribution >= 0.6 is 0 Å². The maximum atomic E-state index is 11.5. The summed E-state index contributed by atoms with van der Waals surface area (Å²) in [5.74, 6) is 0.125. The molecular formula is C20H25N3O2. The van der Waals surface area contributed by atoms with E-state index in [0.29, 0.717) is 29.0 Å². The molecular weight excluding hydrogens is 314 g/mol. The van der Waals surface area contributed by atoms with Crippen LogP contribution in [-0.2, 0) is 0 Å². The number of carbonyl (C=O) groups is 1. The Labute approximate surface area is 148 Å². The smallest absolute Gasteiger partial charge is 0.336 e. The van der Waals surface area contributed by atoms with E-state index in [2.05, 4.69) is 28.7 Å². The summed E-state index contributed by atoms with van der Waals surface area (Å²) in [6.45, 7) is 8.45. The number of likely N-dealkylation sites (tertiary alicyclic amines) is 1. The molecule has 3 rings (SSSR count). The van der Waals surface area contributed by atoms with Gasteiger partial charge in [-0.25, -0.2) is 14.8 Å². The molecule has 2 heterocycles. The van der Waals surface area contributed by atoms with Crippen LogP contribution in [-0.4, -0.2) is 45.1 Å². The molecule has 1 saturated heterocycles. The molecule has 0 bridgehead atoms.